The van der Waals surface area contributed by atoms with E-state index in [-0.39, 0.29) is 23.5 Å². The van der Waals surface area contributed by atoms with E-state index in [9.17, 15) is 10.1 Å². The maximum Gasteiger partial charge on any atom is 0.322 e. The lowest BCUT2D eigenvalue weighted by Gasteiger charge is -2.38. The number of carbonyl (C=O) groups is 1. The van der Waals surface area contributed by atoms with Crippen LogP contribution in [0.3, 0.4) is 0 Å². The van der Waals surface area contributed by atoms with Crippen molar-refractivity contribution in [3.05, 3.63) is 84.3 Å². The van der Waals surface area contributed by atoms with Crippen LogP contribution in [0.25, 0.3) is 11.1 Å². The molecule has 2 saturated heterocycles. The van der Waals surface area contributed by atoms with Crippen molar-refractivity contribution in [1.82, 2.24) is 25.1 Å². The molecule has 2 amide bonds. The molecule has 2 aliphatic heterocycles. The molecule has 2 N–H and O–H groups in total. The summed E-state index contributed by atoms with van der Waals surface area (Å²) in [7, 11) is 1.90. The molecule has 11 heteroatoms. The van der Waals surface area contributed by atoms with Crippen molar-refractivity contribution < 1.29 is 9.53 Å². The first-order chi connectivity index (χ1) is 22.5. The van der Waals surface area contributed by atoms with Crippen molar-refractivity contribution >= 4 is 23.5 Å². The van der Waals surface area contributed by atoms with Gasteiger partial charge in [0.1, 0.15) is 11.6 Å². The summed E-state index contributed by atoms with van der Waals surface area (Å²) in [5.74, 6) is 1.25. The Morgan fingerprint density at radius 3 is 2.50 bits per heavy atom. The molecule has 46 heavy (non-hydrogen) atoms. The van der Waals surface area contributed by atoms with Crippen molar-refractivity contribution in [2.75, 3.05) is 41.4 Å². The summed E-state index contributed by atoms with van der Waals surface area (Å²) < 4.78 is 7.27. The highest BCUT2D eigenvalue weighted by Crippen LogP contribution is 2.40. The Bertz CT molecular complexity index is 1700. The topological polar surface area (TPSA) is 124 Å². The number of urea groups is 1. The minimum atomic E-state index is -0.102. The van der Waals surface area contributed by atoms with Crippen molar-refractivity contribution in [1.29, 1.82) is 5.26 Å². The lowest BCUT2D eigenvalue weighted by Crippen LogP contribution is -2.48. The van der Waals surface area contributed by atoms with Crippen molar-refractivity contribution in [3.8, 4) is 17.2 Å². The second-order valence-electron chi connectivity index (χ2n) is 12.8. The highest BCUT2D eigenvalue weighted by Gasteiger charge is 2.45. The first-order valence-electron chi connectivity index (χ1n) is 16.1. The number of ether oxygens (including phenoxy) is 1. The van der Waals surface area contributed by atoms with Gasteiger partial charge in [-0.05, 0) is 55.4 Å². The molecule has 0 atom stereocenters. The van der Waals surface area contributed by atoms with Gasteiger partial charge in [0, 0.05) is 61.6 Å². The Balaban J connectivity index is 1.04. The molecule has 3 aliphatic rings. The van der Waals surface area contributed by atoms with Gasteiger partial charge in [0.2, 0.25) is 5.95 Å². The van der Waals surface area contributed by atoms with Crippen LogP contribution < -0.4 is 20.4 Å². The maximum absolute atomic E-state index is 13.8. The molecular formula is C35H39N9O2. The first kappa shape index (κ1) is 29.7. The second-order valence-corrected chi connectivity index (χ2v) is 12.8. The Morgan fingerprint density at radius 2 is 1.85 bits per heavy atom. The summed E-state index contributed by atoms with van der Waals surface area (Å²) in [6.45, 7) is 3.74. The van der Waals surface area contributed by atoms with Crippen molar-refractivity contribution in [3.63, 3.8) is 0 Å². The predicted octanol–water partition coefficient (Wildman–Crippen LogP) is 5.11. The van der Waals surface area contributed by atoms with Crippen molar-refractivity contribution in [2.24, 2.45) is 12.5 Å². The second kappa shape index (κ2) is 12.8. The van der Waals surface area contributed by atoms with E-state index in [4.69, 9.17) is 9.72 Å². The molecule has 2 aromatic carbocycles. The van der Waals surface area contributed by atoms with Gasteiger partial charge in [0.05, 0.1) is 25.6 Å². The minimum absolute atomic E-state index is 0.0426. The van der Waals surface area contributed by atoms with Gasteiger partial charge in [-0.1, -0.05) is 42.5 Å². The predicted molar refractivity (Wildman–Crippen MR) is 176 cm³/mol. The summed E-state index contributed by atoms with van der Waals surface area (Å²) in [5, 5.41) is 20.7. The lowest BCUT2D eigenvalue weighted by atomic mass is 9.85. The largest absolute Gasteiger partial charge is 0.380 e. The highest BCUT2D eigenvalue weighted by molar-refractivity contribution is 5.93. The Morgan fingerprint density at radius 1 is 1.07 bits per heavy atom. The molecule has 1 saturated carbocycles. The smallest absolute Gasteiger partial charge is 0.322 e. The van der Waals surface area contributed by atoms with Gasteiger partial charge in [0.15, 0.2) is 5.82 Å². The van der Waals surface area contributed by atoms with Gasteiger partial charge in [-0.2, -0.15) is 15.3 Å². The average Bonchev–Trinajstić information content (AvgIpc) is 3.73. The van der Waals surface area contributed by atoms with E-state index in [0.29, 0.717) is 23.9 Å². The highest BCUT2D eigenvalue weighted by atomic mass is 16.5. The van der Waals surface area contributed by atoms with Crippen LogP contribution in [-0.4, -0.2) is 64.2 Å². The zero-order valence-electron chi connectivity index (χ0n) is 26.1. The molecule has 2 aromatic heterocycles. The molecule has 4 heterocycles. The SMILES string of the molecule is Cn1cc(-c2ccc(N(C(=O)NCc3ccccc3)[C@H]3CC[C@H](Nc4ncc(C#N)c(N5CCC6(COC6)C5)n4)CC3)cc2)cn1. The van der Waals surface area contributed by atoms with Crippen LogP contribution in [0.15, 0.2) is 73.2 Å². The van der Waals surface area contributed by atoms with Crippen molar-refractivity contribution in [2.45, 2.75) is 50.7 Å². The number of benzene rings is 2. The monoisotopic (exact) mass is 617 g/mol. The number of amides is 2. The molecule has 236 valence electrons. The van der Waals surface area contributed by atoms with E-state index in [1.807, 2.05) is 66.8 Å². The number of hydrogen-bond acceptors (Lipinski definition) is 8. The van der Waals surface area contributed by atoms with Crippen LogP contribution >= 0.6 is 0 Å². The number of nitrogens with zero attached hydrogens (tertiary/aromatic N) is 7. The number of anilines is 3. The van der Waals surface area contributed by atoms with E-state index < -0.39 is 0 Å². The summed E-state index contributed by atoms with van der Waals surface area (Å²) in [4.78, 5) is 27.2. The third-order valence-electron chi connectivity index (χ3n) is 9.53. The number of nitriles is 1. The van der Waals surface area contributed by atoms with Gasteiger partial charge in [-0.3, -0.25) is 9.58 Å². The number of carbonyl (C=O) groups excluding carboxylic acids is 1. The summed E-state index contributed by atoms with van der Waals surface area (Å²) in [6, 6.07) is 20.5. The average molecular weight is 618 g/mol. The van der Waals surface area contributed by atoms with Gasteiger partial charge in [-0.25, -0.2) is 9.78 Å². The number of hydrogen-bond donors (Lipinski definition) is 2. The van der Waals surface area contributed by atoms with Gasteiger partial charge < -0.3 is 20.3 Å². The third-order valence-corrected chi connectivity index (χ3v) is 9.53. The minimum Gasteiger partial charge on any atom is -0.380 e. The fourth-order valence-electron chi connectivity index (χ4n) is 6.90. The van der Waals surface area contributed by atoms with Crippen LogP contribution in [0.5, 0.6) is 0 Å². The van der Waals surface area contributed by atoms with E-state index >= 15 is 0 Å². The van der Waals surface area contributed by atoms with Crippen LogP contribution in [0, 0.1) is 16.7 Å². The summed E-state index contributed by atoms with van der Waals surface area (Å²) in [6.07, 6.45) is 9.91. The third kappa shape index (κ3) is 6.26. The number of aryl methyl sites for hydroxylation is 1. The molecular weight excluding hydrogens is 578 g/mol. The van der Waals surface area contributed by atoms with Crippen LogP contribution in [0.1, 0.15) is 43.2 Å². The molecule has 0 radical (unpaired) electrons. The van der Waals surface area contributed by atoms with Crippen LogP contribution in [0.2, 0.25) is 0 Å². The fourth-order valence-corrected chi connectivity index (χ4v) is 6.90. The summed E-state index contributed by atoms with van der Waals surface area (Å²) >= 11 is 0. The standard InChI is InChI=1S/C35H39N9O2/c1-42-21-28(20-39-42)26-7-11-30(12-8-26)44(34(45)38-18-25-5-3-2-4-6-25)31-13-9-29(10-14-31)40-33-37-19-27(17-36)32(41-33)43-16-15-35(22-43)23-46-24-35/h2-8,11-12,19-21,29,31H,9-10,13-16,18,22-24H2,1H3,(H,38,45)(H,37,40,41)/t29-,31-. The maximum atomic E-state index is 13.8. The Kier molecular flexibility index (Phi) is 8.28. The molecule has 0 bridgehead atoms. The molecule has 7 rings (SSSR count). The Labute approximate surface area is 269 Å². The van der Waals surface area contributed by atoms with E-state index in [1.165, 1.54) is 0 Å². The number of aromatic nitrogens is 4. The van der Waals surface area contributed by atoms with Gasteiger partial charge in [0.25, 0.3) is 0 Å². The van der Waals surface area contributed by atoms with Crippen LogP contribution in [0.4, 0.5) is 22.2 Å². The first-order valence-corrected chi connectivity index (χ1v) is 16.1. The zero-order chi connectivity index (χ0) is 31.5. The quantitative estimate of drug-likeness (QED) is 0.280. The molecule has 1 spiro atoms. The van der Waals surface area contributed by atoms with E-state index in [1.54, 1.807) is 10.9 Å². The fraction of sp³-hybridized carbons (Fsp3) is 0.400. The van der Waals surface area contributed by atoms with Gasteiger partial charge in [-0.15, -0.1) is 0 Å². The van der Waals surface area contributed by atoms with Crippen LogP contribution in [-0.2, 0) is 18.3 Å². The van der Waals surface area contributed by atoms with Gasteiger partial charge >= 0.3 is 6.03 Å². The zero-order valence-corrected chi connectivity index (χ0v) is 26.1. The van der Waals surface area contributed by atoms with E-state index in [2.05, 4.69) is 43.8 Å². The molecule has 3 fully saturated rings. The van der Waals surface area contributed by atoms with E-state index in [0.717, 1.165) is 80.8 Å². The lowest BCUT2D eigenvalue weighted by molar-refractivity contribution is -0.0985. The Hall–Kier alpha value is -4.95. The normalized spacial score (nSPS) is 20.1. The number of nitrogens with one attached hydrogen (secondary N) is 2. The molecule has 0 unspecified atom stereocenters. The molecule has 4 aromatic rings. The summed E-state index contributed by atoms with van der Waals surface area (Å²) in [5.41, 5.74) is 4.72. The number of rotatable bonds is 8. The molecule has 1 aliphatic carbocycles. The molecule has 11 nitrogen and oxygen atoms in total.